The van der Waals surface area contributed by atoms with Crippen LogP contribution in [0.3, 0.4) is 0 Å². The first-order valence-electron chi connectivity index (χ1n) is 6.37. The summed E-state index contributed by atoms with van der Waals surface area (Å²) in [6.45, 7) is 4.86. The van der Waals surface area contributed by atoms with Gasteiger partial charge in [0, 0.05) is 19.1 Å². The molecule has 1 saturated heterocycles. The normalized spacial score (nSPS) is 31.0. The van der Waals surface area contributed by atoms with Gasteiger partial charge in [-0.05, 0) is 25.8 Å². The number of nitrogens with zero attached hydrogens (tertiary/aromatic N) is 1. The van der Waals surface area contributed by atoms with E-state index in [-0.39, 0.29) is 0 Å². The van der Waals surface area contributed by atoms with Crippen molar-refractivity contribution in [1.29, 1.82) is 0 Å². The van der Waals surface area contributed by atoms with E-state index in [4.69, 9.17) is 5.11 Å². The fourth-order valence-electron chi connectivity index (χ4n) is 2.65. The maximum atomic E-state index is 11.0. The van der Waals surface area contributed by atoms with Gasteiger partial charge in [-0.25, -0.2) is 10.4 Å². The van der Waals surface area contributed by atoms with Gasteiger partial charge in [-0.3, -0.25) is 4.79 Å². The number of rotatable bonds is 3. The highest BCUT2D eigenvalue weighted by Crippen LogP contribution is 2.24. The van der Waals surface area contributed by atoms with Crippen LogP contribution in [0.25, 0.3) is 0 Å². The van der Waals surface area contributed by atoms with Crippen molar-refractivity contribution in [3.05, 3.63) is 11.6 Å². The molecule has 2 unspecified atom stereocenters. The monoisotopic (exact) mass is 239 g/mol. The van der Waals surface area contributed by atoms with Gasteiger partial charge in [-0.15, -0.1) is 0 Å². The summed E-state index contributed by atoms with van der Waals surface area (Å²) in [6, 6.07) is -0.0498. The Hall–Kier alpha value is -0.910. The second kappa shape index (κ2) is 5.62. The standard InChI is InChI=1S/C12H21N3O2/c1-2-15-11(9-5-7-13-8-6-9)4-3-10(14-15)12(16)17/h5,10-11,13-14H,2-4,6-8H2,1H3,(H,16,17). The Balaban J connectivity index is 2.03. The highest BCUT2D eigenvalue weighted by molar-refractivity contribution is 5.73. The molecule has 2 heterocycles. The summed E-state index contributed by atoms with van der Waals surface area (Å²) >= 11 is 0. The average Bonchev–Trinajstić information content (AvgIpc) is 2.39. The number of hydrazine groups is 1. The zero-order valence-corrected chi connectivity index (χ0v) is 10.3. The number of carbonyl (C=O) groups is 1. The molecule has 0 aromatic carbocycles. The van der Waals surface area contributed by atoms with Gasteiger partial charge in [0.15, 0.2) is 0 Å². The van der Waals surface area contributed by atoms with Gasteiger partial charge in [0.25, 0.3) is 0 Å². The van der Waals surface area contributed by atoms with Gasteiger partial charge in [-0.1, -0.05) is 18.6 Å². The third kappa shape index (κ3) is 2.86. The SMILES string of the molecule is CCN1NC(C(=O)O)CCC1C1=CCNCC1. The molecular weight excluding hydrogens is 218 g/mol. The number of hydrogen-bond donors (Lipinski definition) is 3. The third-order valence-corrected chi connectivity index (χ3v) is 3.59. The fourth-order valence-corrected chi connectivity index (χ4v) is 2.65. The van der Waals surface area contributed by atoms with Crippen molar-refractivity contribution in [3.63, 3.8) is 0 Å². The number of carboxylic acid groups (broad SMARTS) is 1. The molecule has 2 aliphatic rings. The molecule has 0 radical (unpaired) electrons. The van der Waals surface area contributed by atoms with Gasteiger partial charge < -0.3 is 10.4 Å². The quantitative estimate of drug-likeness (QED) is 0.620. The second-order valence-electron chi connectivity index (χ2n) is 4.63. The van der Waals surface area contributed by atoms with Crippen LogP contribution in [0.1, 0.15) is 26.2 Å². The summed E-state index contributed by atoms with van der Waals surface area (Å²) in [6.07, 6.45) is 4.96. The molecule has 0 aliphatic carbocycles. The molecule has 0 saturated carbocycles. The minimum atomic E-state index is -0.749. The van der Waals surface area contributed by atoms with E-state index < -0.39 is 12.0 Å². The summed E-state index contributed by atoms with van der Waals surface area (Å²) in [5, 5.41) is 14.4. The van der Waals surface area contributed by atoms with Crippen LogP contribution in [0.4, 0.5) is 0 Å². The molecule has 0 bridgehead atoms. The number of likely N-dealkylation sites (N-methyl/N-ethyl adjacent to an activating group) is 1. The number of nitrogens with one attached hydrogen (secondary N) is 2. The van der Waals surface area contributed by atoms with Gasteiger partial charge in [0.1, 0.15) is 6.04 Å². The lowest BCUT2D eigenvalue weighted by Crippen LogP contribution is -2.57. The van der Waals surface area contributed by atoms with Crippen molar-refractivity contribution in [3.8, 4) is 0 Å². The van der Waals surface area contributed by atoms with Crippen LogP contribution in [0.5, 0.6) is 0 Å². The molecule has 5 heteroatoms. The lowest BCUT2D eigenvalue weighted by atomic mass is 9.93. The Morgan fingerprint density at radius 3 is 3.00 bits per heavy atom. The summed E-state index contributed by atoms with van der Waals surface area (Å²) < 4.78 is 0. The van der Waals surface area contributed by atoms with E-state index in [9.17, 15) is 4.79 Å². The van der Waals surface area contributed by atoms with E-state index in [1.807, 2.05) is 0 Å². The van der Waals surface area contributed by atoms with Gasteiger partial charge in [0.2, 0.25) is 0 Å². The van der Waals surface area contributed by atoms with Gasteiger partial charge >= 0.3 is 5.97 Å². The third-order valence-electron chi connectivity index (χ3n) is 3.59. The van der Waals surface area contributed by atoms with E-state index in [1.165, 1.54) is 5.57 Å². The van der Waals surface area contributed by atoms with Crippen molar-refractivity contribution < 1.29 is 9.90 Å². The molecule has 3 N–H and O–H groups in total. The molecule has 0 amide bonds. The second-order valence-corrected chi connectivity index (χ2v) is 4.63. The van der Waals surface area contributed by atoms with Gasteiger partial charge in [0.05, 0.1) is 0 Å². The number of carboxylic acids is 1. The summed E-state index contributed by atoms with van der Waals surface area (Å²) in [7, 11) is 0. The topological polar surface area (TPSA) is 64.6 Å². The van der Waals surface area contributed by atoms with Crippen LogP contribution >= 0.6 is 0 Å². The van der Waals surface area contributed by atoms with E-state index in [0.717, 1.165) is 32.5 Å². The largest absolute Gasteiger partial charge is 0.480 e. The van der Waals surface area contributed by atoms with Crippen molar-refractivity contribution in [2.24, 2.45) is 0 Å². The highest BCUT2D eigenvalue weighted by atomic mass is 16.4. The predicted molar refractivity (Wildman–Crippen MR) is 65.5 cm³/mol. The number of aliphatic carboxylic acids is 1. The average molecular weight is 239 g/mol. The lowest BCUT2D eigenvalue weighted by Gasteiger charge is -2.40. The Bertz CT molecular complexity index is 317. The summed E-state index contributed by atoms with van der Waals surface area (Å²) in [5.74, 6) is -0.749. The Morgan fingerprint density at radius 1 is 1.59 bits per heavy atom. The smallest absolute Gasteiger partial charge is 0.322 e. The molecule has 0 aromatic rings. The predicted octanol–water partition coefficient (Wildman–Crippen LogP) is 0.348. The maximum Gasteiger partial charge on any atom is 0.322 e. The van der Waals surface area contributed by atoms with Crippen LogP contribution in [0.15, 0.2) is 11.6 Å². The summed E-state index contributed by atoms with van der Waals surface area (Å²) in [5.41, 5.74) is 4.57. The first-order valence-corrected chi connectivity index (χ1v) is 6.37. The molecular formula is C12H21N3O2. The van der Waals surface area contributed by atoms with E-state index >= 15 is 0 Å². The molecule has 17 heavy (non-hydrogen) atoms. The lowest BCUT2D eigenvalue weighted by molar-refractivity contribution is -0.143. The molecule has 2 rings (SSSR count). The van der Waals surface area contributed by atoms with Crippen LogP contribution < -0.4 is 10.7 Å². The Kier molecular flexibility index (Phi) is 4.15. The molecule has 96 valence electrons. The zero-order chi connectivity index (χ0) is 12.3. The van der Waals surface area contributed by atoms with Crippen molar-refractivity contribution in [2.45, 2.75) is 38.3 Å². The molecule has 0 spiro atoms. The highest BCUT2D eigenvalue weighted by Gasteiger charge is 2.32. The van der Waals surface area contributed by atoms with Crippen molar-refractivity contribution >= 4 is 5.97 Å². The van der Waals surface area contributed by atoms with Crippen LogP contribution in [-0.4, -0.2) is 47.8 Å². The van der Waals surface area contributed by atoms with E-state index in [0.29, 0.717) is 12.5 Å². The first kappa shape index (κ1) is 12.5. The Labute approximate surface area is 102 Å². The zero-order valence-electron chi connectivity index (χ0n) is 10.3. The fraction of sp³-hybridized carbons (Fsp3) is 0.750. The molecule has 1 fully saturated rings. The van der Waals surface area contributed by atoms with Crippen LogP contribution in [-0.2, 0) is 4.79 Å². The molecule has 2 aliphatic heterocycles. The maximum absolute atomic E-state index is 11.0. The Morgan fingerprint density at radius 2 is 2.41 bits per heavy atom. The minimum Gasteiger partial charge on any atom is -0.480 e. The van der Waals surface area contributed by atoms with Gasteiger partial charge in [-0.2, -0.15) is 0 Å². The van der Waals surface area contributed by atoms with E-state index in [1.54, 1.807) is 0 Å². The summed E-state index contributed by atoms with van der Waals surface area (Å²) in [4.78, 5) is 11.0. The van der Waals surface area contributed by atoms with Crippen molar-refractivity contribution in [1.82, 2.24) is 15.8 Å². The minimum absolute atomic E-state index is 0.373. The van der Waals surface area contributed by atoms with Crippen molar-refractivity contribution in [2.75, 3.05) is 19.6 Å². The first-order chi connectivity index (χ1) is 8.22. The molecule has 0 aromatic heterocycles. The number of hydrogen-bond acceptors (Lipinski definition) is 4. The van der Waals surface area contributed by atoms with Crippen LogP contribution in [0, 0.1) is 0 Å². The molecule has 5 nitrogen and oxygen atoms in total. The molecule has 2 atom stereocenters. The van der Waals surface area contributed by atoms with E-state index in [2.05, 4.69) is 28.8 Å². The van der Waals surface area contributed by atoms with Crippen LogP contribution in [0.2, 0.25) is 0 Å².